The number of amides is 1. The third-order valence-electron chi connectivity index (χ3n) is 8.77. The number of benzene rings is 2. The van der Waals surface area contributed by atoms with Gasteiger partial charge < -0.3 is 66.9 Å². The molecule has 1 fully saturated rings. The molecular formula is C42H57F3N2O16. The van der Waals surface area contributed by atoms with Crippen molar-refractivity contribution in [3.8, 4) is 11.3 Å². The molecular weight excluding hydrogens is 845 g/mol. The molecule has 21 heteroatoms. The third-order valence-corrected chi connectivity index (χ3v) is 8.77. The van der Waals surface area contributed by atoms with E-state index >= 15 is 0 Å². The number of anilines is 1. The van der Waals surface area contributed by atoms with Gasteiger partial charge in [-0.25, -0.2) is 9.59 Å². The van der Waals surface area contributed by atoms with Crippen LogP contribution in [0.3, 0.4) is 0 Å². The number of cyclic esters (lactones) is 1. The van der Waals surface area contributed by atoms with Crippen LogP contribution in [-0.2, 0) is 67.8 Å². The highest BCUT2D eigenvalue weighted by molar-refractivity contribution is 5.95. The minimum Gasteiger partial charge on any atom is -0.460 e. The van der Waals surface area contributed by atoms with Crippen molar-refractivity contribution in [2.75, 3.05) is 157 Å². The van der Waals surface area contributed by atoms with E-state index in [0.29, 0.717) is 123 Å². The van der Waals surface area contributed by atoms with Crippen LogP contribution in [0.5, 0.6) is 0 Å². The van der Waals surface area contributed by atoms with Crippen LogP contribution < -0.4 is 10.5 Å². The minimum atomic E-state index is -4.62. The Hall–Kier alpha value is -4.26. The lowest BCUT2D eigenvalue weighted by Crippen LogP contribution is -2.27. The molecule has 0 aliphatic carbocycles. The summed E-state index contributed by atoms with van der Waals surface area (Å²) in [4.78, 5) is 41.6. The second-order valence-corrected chi connectivity index (χ2v) is 13.4. The zero-order valence-corrected chi connectivity index (χ0v) is 35.1. The molecule has 0 saturated carbocycles. The number of aliphatic hydroxyl groups excluding tert-OH is 1. The van der Waals surface area contributed by atoms with Crippen molar-refractivity contribution in [3.05, 3.63) is 64.4 Å². The zero-order valence-electron chi connectivity index (χ0n) is 35.1. The van der Waals surface area contributed by atoms with Gasteiger partial charge in [0.1, 0.15) is 13.2 Å². The third kappa shape index (κ3) is 20.0. The fourth-order valence-corrected chi connectivity index (χ4v) is 5.77. The SMILES string of the molecule is O=C(COCCOCCOCCOCCOCCOCCOCCOCCOCCOCCO)OC[C@@H]1CN(c2ccc3cc(-c4ccccc4C(F)(F)F)[nH]c(=O)c3c2)C(=O)O1. The van der Waals surface area contributed by atoms with Crippen molar-refractivity contribution in [3.63, 3.8) is 0 Å². The van der Waals surface area contributed by atoms with E-state index in [1.54, 1.807) is 6.07 Å². The lowest BCUT2D eigenvalue weighted by molar-refractivity contribution is -0.151. The second kappa shape index (κ2) is 30.0. The van der Waals surface area contributed by atoms with E-state index in [0.717, 1.165) is 6.07 Å². The van der Waals surface area contributed by atoms with E-state index in [2.05, 4.69) is 4.98 Å². The molecule has 2 heterocycles. The molecule has 1 amide bonds. The molecule has 0 spiro atoms. The van der Waals surface area contributed by atoms with Crippen LogP contribution in [0.15, 0.2) is 53.3 Å². The first-order valence-corrected chi connectivity index (χ1v) is 20.5. The number of carbonyl (C=O) groups is 2. The summed E-state index contributed by atoms with van der Waals surface area (Å²) >= 11 is 0. The number of aromatic amines is 1. The summed E-state index contributed by atoms with van der Waals surface area (Å²) in [7, 11) is 0. The summed E-state index contributed by atoms with van der Waals surface area (Å²) in [6, 6.07) is 10.9. The van der Waals surface area contributed by atoms with Gasteiger partial charge in [0.15, 0.2) is 6.10 Å². The molecule has 1 aliphatic rings. The molecule has 0 bridgehead atoms. The zero-order chi connectivity index (χ0) is 45.0. The normalized spacial score (nSPS) is 14.2. The first kappa shape index (κ1) is 51.4. The standard InChI is InChI=1S/C42H57F3N2O16/c43-42(44,45)37-4-2-1-3-35(37)38-27-32-5-6-33(28-36(32)40(50)46-38)47-29-34(63-41(47)51)30-62-39(49)31-61-26-25-60-24-23-59-22-21-58-20-19-57-18-17-56-16-15-55-14-13-54-12-11-53-10-9-52-8-7-48/h1-6,27-28,34,48H,7-26,29-31H2,(H,46,50)/t34-/m0/s1. The number of pyridine rings is 1. The number of halogens is 3. The molecule has 0 unspecified atom stereocenters. The number of nitrogens with one attached hydrogen (secondary N) is 1. The van der Waals surface area contributed by atoms with Gasteiger partial charge in [0.25, 0.3) is 5.56 Å². The predicted molar refractivity (Wildman–Crippen MR) is 219 cm³/mol. The van der Waals surface area contributed by atoms with E-state index in [1.165, 1.54) is 41.3 Å². The van der Waals surface area contributed by atoms with Gasteiger partial charge in [-0.05, 0) is 29.7 Å². The van der Waals surface area contributed by atoms with Crippen molar-refractivity contribution >= 4 is 28.5 Å². The predicted octanol–water partition coefficient (Wildman–Crippen LogP) is 3.24. The number of aliphatic hydroxyl groups is 1. The van der Waals surface area contributed by atoms with Crippen LogP contribution in [-0.4, -0.2) is 180 Å². The van der Waals surface area contributed by atoms with Crippen molar-refractivity contribution < 1.29 is 84.7 Å². The van der Waals surface area contributed by atoms with Gasteiger partial charge in [0.05, 0.1) is 144 Å². The molecule has 0 radical (unpaired) electrons. The maximum atomic E-state index is 13.6. The van der Waals surface area contributed by atoms with E-state index in [-0.39, 0.29) is 56.2 Å². The molecule has 2 aromatic carbocycles. The first-order valence-electron chi connectivity index (χ1n) is 20.5. The highest BCUT2D eigenvalue weighted by Gasteiger charge is 2.35. The van der Waals surface area contributed by atoms with Gasteiger partial charge in [-0.15, -0.1) is 0 Å². The number of alkyl halides is 3. The van der Waals surface area contributed by atoms with Crippen LogP contribution >= 0.6 is 0 Å². The summed E-state index contributed by atoms with van der Waals surface area (Å²) < 4.78 is 105. The fraction of sp³-hybridized carbons (Fsp3) is 0.595. The number of aromatic nitrogens is 1. The monoisotopic (exact) mass is 902 g/mol. The van der Waals surface area contributed by atoms with Crippen LogP contribution in [0.2, 0.25) is 0 Å². The summed E-state index contributed by atoms with van der Waals surface area (Å²) in [6.07, 6.45) is -6.12. The largest absolute Gasteiger partial charge is 0.460 e. The Bertz CT molecular complexity index is 1820. The number of hydrogen-bond donors (Lipinski definition) is 2. The van der Waals surface area contributed by atoms with Crippen molar-refractivity contribution in [1.29, 1.82) is 0 Å². The highest BCUT2D eigenvalue weighted by Crippen LogP contribution is 2.37. The average molecular weight is 903 g/mol. The summed E-state index contributed by atoms with van der Waals surface area (Å²) in [6.45, 7) is 7.04. The molecule has 1 aromatic heterocycles. The average Bonchev–Trinajstić information content (AvgIpc) is 3.65. The van der Waals surface area contributed by atoms with E-state index in [1.807, 2.05) is 0 Å². The number of rotatable bonds is 35. The molecule has 18 nitrogen and oxygen atoms in total. The Morgan fingerprint density at radius 2 is 1.14 bits per heavy atom. The smallest absolute Gasteiger partial charge is 0.417 e. The Labute approximate surface area is 362 Å². The van der Waals surface area contributed by atoms with Gasteiger partial charge in [-0.2, -0.15) is 13.2 Å². The van der Waals surface area contributed by atoms with Gasteiger partial charge >= 0.3 is 18.2 Å². The van der Waals surface area contributed by atoms with E-state index in [4.69, 9.17) is 61.9 Å². The number of nitrogens with zero attached hydrogens (tertiary/aromatic N) is 1. The van der Waals surface area contributed by atoms with Gasteiger partial charge in [0, 0.05) is 22.3 Å². The highest BCUT2D eigenvalue weighted by atomic mass is 19.4. The van der Waals surface area contributed by atoms with Crippen LogP contribution in [0.1, 0.15) is 5.56 Å². The van der Waals surface area contributed by atoms with Gasteiger partial charge in [-0.1, -0.05) is 24.3 Å². The maximum Gasteiger partial charge on any atom is 0.417 e. The second-order valence-electron chi connectivity index (χ2n) is 13.4. The summed E-state index contributed by atoms with van der Waals surface area (Å²) in [5, 5.41) is 9.14. The molecule has 1 saturated heterocycles. The number of esters is 1. The Kier molecular flexibility index (Phi) is 24.4. The van der Waals surface area contributed by atoms with Crippen LogP contribution in [0.4, 0.5) is 23.7 Å². The molecule has 1 atom stereocenters. The quantitative estimate of drug-likeness (QED) is 0.0643. The number of ether oxygens (including phenoxy) is 12. The number of H-pyrrole nitrogens is 1. The Balaban J connectivity index is 0.920. The van der Waals surface area contributed by atoms with Crippen LogP contribution in [0, 0.1) is 0 Å². The first-order chi connectivity index (χ1) is 30.7. The van der Waals surface area contributed by atoms with Crippen molar-refractivity contribution in [2.24, 2.45) is 0 Å². The molecule has 3 aromatic rings. The molecule has 2 N–H and O–H groups in total. The van der Waals surface area contributed by atoms with E-state index in [9.17, 15) is 27.6 Å². The number of fused-ring (bicyclic) bond motifs is 1. The Morgan fingerprint density at radius 3 is 1.63 bits per heavy atom. The lowest BCUT2D eigenvalue weighted by atomic mass is 10.0. The Morgan fingerprint density at radius 1 is 0.667 bits per heavy atom. The summed E-state index contributed by atoms with van der Waals surface area (Å²) in [5.74, 6) is -0.663. The molecule has 1 aliphatic heterocycles. The number of carbonyl (C=O) groups excluding carboxylic acids is 2. The van der Waals surface area contributed by atoms with Gasteiger partial charge in [-0.3, -0.25) is 9.69 Å². The van der Waals surface area contributed by atoms with Crippen LogP contribution in [0.25, 0.3) is 22.0 Å². The van der Waals surface area contributed by atoms with Crippen molar-refractivity contribution in [2.45, 2.75) is 12.3 Å². The molecule has 4 rings (SSSR count). The maximum absolute atomic E-state index is 13.6. The van der Waals surface area contributed by atoms with Gasteiger partial charge in [0.2, 0.25) is 0 Å². The number of hydrogen-bond acceptors (Lipinski definition) is 16. The van der Waals surface area contributed by atoms with E-state index < -0.39 is 35.5 Å². The lowest BCUT2D eigenvalue weighted by Gasteiger charge is -2.15. The van der Waals surface area contributed by atoms with Crippen molar-refractivity contribution in [1.82, 2.24) is 4.98 Å². The molecule has 63 heavy (non-hydrogen) atoms. The molecule has 352 valence electrons. The summed E-state index contributed by atoms with van der Waals surface area (Å²) in [5.41, 5.74) is -1.34. The minimum absolute atomic E-state index is 0.00258. The fourth-order valence-electron chi connectivity index (χ4n) is 5.77. The topological polar surface area (TPSA) is 201 Å².